The highest BCUT2D eigenvalue weighted by Gasteiger charge is 2.22. The molecule has 0 amide bonds. The largest absolute Gasteiger partial charge is 0.484 e. The van der Waals surface area contributed by atoms with Crippen molar-refractivity contribution in [1.29, 1.82) is 0 Å². The maximum absolute atomic E-state index is 12.3. The number of fused-ring (bicyclic) bond motifs is 2. The zero-order valence-corrected chi connectivity index (χ0v) is 19.4. The number of rotatable bonds is 6. The van der Waals surface area contributed by atoms with E-state index in [4.69, 9.17) is 9.47 Å². The molecule has 0 fully saturated rings. The topological polar surface area (TPSA) is 47.6 Å². The molecule has 4 nitrogen and oxygen atoms in total. The van der Waals surface area contributed by atoms with E-state index in [0.717, 1.165) is 34.6 Å². The minimum Gasteiger partial charge on any atom is -0.484 e. The molecule has 170 valence electrons. The molecule has 1 heterocycles. The number of methoxy groups -OCH3 is 1. The Labute approximate surface area is 199 Å². The summed E-state index contributed by atoms with van der Waals surface area (Å²) in [6.45, 7) is 3.34. The number of benzene rings is 4. The fourth-order valence-electron chi connectivity index (χ4n) is 4.53. The predicted molar refractivity (Wildman–Crippen MR) is 136 cm³/mol. The normalized spacial score (nSPS) is 14.8. The zero-order valence-electron chi connectivity index (χ0n) is 19.4. The summed E-state index contributed by atoms with van der Waals surface area (Å²) in [4.78, 5) is 12.3. The van der Waals surface area contributed by atoms with Crippen molar-refractivity contribution in [2.75, 3.05) is 13.7 Å². The summed E-state index contributed by atoms with van der Waals surface area (Å²) in [5.74, 6) is 0.519. The molecular weight excluding hydrogens is 422 g/mol. The van der Waals surface area contributed by atoms with Crippen molar-refractivity contribution in [1.82, 2.24) is 5.32 Å². The zero-order chi connectivity index (χ0) is 23.5. The lowest BCUT2D eigenvalue weighted by Gasteiger charge is -2.26. The van der Waals surface area contributed by atoms with Crippen LogP contribution in [0.2, 0.25) is 0 Å². The van der Waals surface area contributed by atoms with E-state index in [-0.39, 0.29) is 12.1 Å². The Kier molecular flexibility index (Phi) is 6.15. The van der Waals surface area contributed by atoms with E-state index in [2.05, 4.69) is 66.0 Å². The number of hydrogen-bond donors (Lipinski definition) is 1. The lowest BCUT2D eigenvalue weighted by Crippen LogP contribution is -2.31. The second-order valence-corrected chi connectivity index (χ2v) is 8.52. The van der Waals surface area contributed by atoms with E-state index in [0.29, 0.717) is 12.1 Å². The number of aryl methyl sites for hydroxylation is 1. The second kappa shape index (κ2) is 9.54. The van der Waals surface area contributed by atoms with E-state index in [1.165, 1.54) is 23.4 Å². The Morgan fingerprint density at radius 2 is 1.76 bits per heavy atom. The molecule has 0 saturated heterocycles. The summed E-state index contributed by atoms with van der Waals surface area (Å²) in [7, 11) is 1.41. The van der Waals surface area contributed by atoms with Crippen molar-refractivity contribution in [2.45, 2.75) is 19.6 Å². The van der Waals surface area contributed by atoms with Gasteiger partial charge in [-0.1, -0.05) is 72.8 Å². The van der Waals surface area contributed by atoms with Crippen LogP contribution in [0, 0.1) is 6.92 Å². The van der Waals surface area contributed by atoms with E-state index >= 15 is 0 Å². The third kappa shape index (κ3) is 4.33. The first-order valence-corrected chi connectivity index (χ1v) is 11.5. The van der Waals surface area contributed by atoms with Crippen LogP contribution in [0.4, 0.5) is 0 Å². The molecule has 4 heteroatoms. The van der Waals surface area contributed by atoms with Gasteiger partial charge in [-0.2, -0.15) is 0 Å². The Bertz CT molecular complexity index is 1380. The van der Waals surface area contributed by atoms with Gasteiger partial charge in [-0.15, -0.1) is 0 Å². The second-order valence-electron chi connectivity index (χ2n) is 8.52. The van der Waals surface area contributed by atoms with Gasteiger partial charge in [-0.05, 0) is 58.2 Å². The smallest absolute Gasteiger partial charge is 0.338 e. The first-order chi connectivity index (χ1) is 16.6. The van der Waals surface area contributed by atoms with E-state index in [9.17, 15) is 4.79 Å². The van der Waals surface area contributed by atoms with Crippen molar-refractivity contribution in [3.05, 3.63) is 119 Å². The molecule has 0 aromatic heterocycles. The van der Waals surface area contributed by atoms with Crippen LogP contribution in [-0.2, 0) is 11.3 Å². The van der Waals surface area contributed by atoms with Gasteiger partial charge in [0, 0.05) is 18.7 Å². The van der Waals surface area contributed by atoms with Gasteiger partial charge >= 0.3 is 5.97 Å². The minimum absolute atomic E-state index is 0.136. The molecular formula is C30H27NO3. The third-order valence-corrected chi connectivity index (χ3v) is 6.30. The third-order valence-electron chi connectivity index (χ3n) is 6.30. The summed E-state index contributed by atoms with van der Waals surface area (Å²) in [5.41, 5.74) is 5.79. The monoisotopic (exact) mass is 449 g/mol. The van der Waals surface area contributed by atoms with Crippen LogP contribution in [0.15, 0.2) is 91.0 Å². The standard InChI is InChI=1S/C30H27NO3/c1-20-14-15-22(16-27(20)30(32)33-2)28-17-24(34-29-13-6-5-12-26(28)29)19-31-18-23-10-7-9-21-8-3-4-11-25(21)23/h3-17,24,31H,18-19H2,1-2H3. The van der Waals surface area contributed by atoms with E-state index in [1.54, 1.807) is 0 Å². The molecule has 5 rings (SSSR count). The van der Waals surface area contributed by atoms with Gasteiger partial charge in [-0.3, -0.25) is 0 Å². The SMILES string of the molecule is COC(=O)c1cc(C2=CC(CNCc3cccc4ccccc34)Oc3ccccc32)ccc1C. The number of hydrogen-bond acceptors (Lipinski definition) is 4. The quantitative estimate of drug-likeness (QED) is 0.371. The number of nitrogens with one attached hydrogen (secondary N) is 1. The number of para-hydroxylation sites is 1. The highest BCUT2D eigenvalue weighted by molar-refractivity contribution is 5.94. The van der Waals surface area contributed by atoms with Crippen LogP contribution in [0.1, 0.15) is 32.6 Å². The molecule has 0 bridgehead atoms. The van der Waals surface area contributed by atoms with Gasteiger partial charge < -0.3 is 14.8 Å². The molecule has 0 aliphatic carbocycles. The van der Waals surface area contributed by atoms with Gasteiger partial charge in [0.2, 0.25) is 0 Å². The fraction of sp³-hybridized carbons (Fsp3) is 0.167. The molecule has 0 spiro atoms. The number of carbonyl (C=O) groups is 1. The van der Waals surface area contributed by atoms with Crippen molar-refractivity contribution >= 4 is 22.3 Å². The van der Waals surface area contributed by atoms with E-state index in [1.807, 2.05) is 37.3 Å². The molecule has 1 unspecified atom stereocenters. The first-order valence-electron chi connectivity index (χ1n) is 11.5. The number of ether oxygens (including phenoxy) is 2. The summed E-state index contributed by atoms with van der Waals surface area (Å²) < 4.78 is 11.3. The highest BCUT2D eigenvalue weighted by Crippen LogP contribution is 2.36. The maximum atomic E-state index is 12.3. The highest BCUT2D eigenvalue weighted by atomic mass is 16.5. The summed E-state index contributed by atoms with van der Waals surface area (Å²) in [5, 5.41) is 6.08. The summed E-state index contributed by atoms with van der Waals surface area (Å²) in [6.07, 6.45) is 2.01. The lowest BCUT2D eigenvalue weighted by molar-refractivity contribution is 0.0600. The molecule has 4 aromatic carbocycles. The fourth-order valence-corrected chi connectivity index (χ4v) is 4.53. The van der Waals surface area contributed by atoms with Crippen molar-refractivity contribution in [2.24, 2.45) is 0 Å². The van der Waals surface area contributed by atoms with Gasteiger partial charge in [0.15, 0.2) is 0 Å². The molecule has 1 aliphatic heterocycles. The van der Waals surface area contributed by atoms with Gasteiger partial charge in [-0.25, -0.2) is 4.79 Å². The van der Waals surface area contributed by atoms with Crippen LogP contribution in [0.25, 0.3) is 16.3 Å². The van der Waals surface area contributed by atoms with Crippen molar-refractivity contribution in [3.63, 3.8) is 0 Å². The summed E-state index contributed by atoms with van der Waals surface area (Å²) in [6, 6.07) is 28.8. The Morgan fingerprint density at radius 1 is 0.971 bits per heavy atom. The first kappa shape index (κ1) is 21.9. The molecule has 34 heavy (non-hydrogen) atoms. The van der Waals surface area contributed by atoms with Gasteiger partial charge in [0.05, 0.1) is 12.7 Å². The van der Waals surface area contributed by atoms with Gasteiger partial charge in [0.1, 0.15) is 11.9 Å². The molecule has 1 atom stereocenters. The molecule has 1 aliphatic rings. The molecule has 0 saturated carbocycles. The predicted octanol–water partition coefficient (Wildman–Crippen LogP) is 5.92. The Balaban J connectivity index is 1.41. The van der Waals surface area contributed by atoms with Crippen molar-refractivity contribution < 1.29 is 14.3 Å². The maximum Gasteiger partial charge on any atom is 0.338 e. The van der Waals surface area contributed by atoms with Crippen LogP contribution >= 0.6 is 0 Å². The van der Waals surface area contributed by atoms with E-state index < -0.39 is 0 Å². The number of esters is 1. The van der Waals surface area contributed by atoms with Crippen LogP contribution in [0.3, 0.4) is 0 Å². The average Bonchev–Trinajstić information content (AvgIpc) is 2.88. The lowest BCUT2D eigenvalue weighted by atomic mass is 9.91. The van der Waals surface area contributed by atoms with Crippen LogP contribution in [-0.4, -0.2) is 25.7 Å². The Hall–Kier alpha value is -3.89. The molecule has 1 N–H and O–H groups in total. The summed E-state index contributed by atoms with van der Waals surface area (Å²) >= 11 is 0. The Morgan fingerprint density at radius 3 is 2.65 bits per heavy atom. The number of carbonyl (C=O) groups excluding carboxylic acids is 1. The van der Waals surface area contributed by atoms with Crippen molar-refractivity contribution in [3.8, 4) is 5.75 Å². The molecule has 4 aromatic rings. The molecule has 0 radical (unpaired) electrons. The van der Waals surface area contributed by atoms with Gasteiger partial charge in [0.25, 0.3) is 0 Å². The average molecular weight is 450 g/mol. The minimum atomic E-state index is -0.325. The van der Waals surface area contributed by atoms with Crippen LogP contribution in [0.5, 0.6) is 5.75 Å². The van der Waals surface area contributed by atoms with Crippen LogP contribution < -0.4 is 10.1 Å².